The fourth-order valence-electron chi connectivity index (χ4n) is 1.35. The van der Waals surface area contributed by atoms with Gasteiger partial charge < -0.3 is 10.5 Å². The van der Waals surface area contributed by atoms with Crippen molar-refractivity contribution in [2.24, 2.45) is 5.73 Å². The van der Waals surface area contributed by atoms with Gasteiger partial charge in [-0.15, -0.1) is 0 Å². The first-order valence-electron chi connectivity index (χ1n) is 4.51. The van der Waals surface area contributed by atoms with Crippen molar-refractivity contribution in [2.45, 2.75) is 19.9 Å². The lowest BCUT2D eigenvalue weighted by molar-refractivity contribution is 0.0964. The van der Waals surface area contributed by atoms with Crippen LogP contribution in [-0.2, 0) is 0 Å². The van der Waals surface area contributed by atoms with Crippen LogP contribution in [-0.4, -0.2) is 18.9 Å². The van der Waals surface area contributed by atoms with Gasteiger partial charge in [-0.1, -0.05) is 12.1 Å². The minimum absolute atomic E-state index is 0.0834. The van der Waals surface area contributed by atoms with Crippen LogP contribution in [0.2, 0.25) is 0 Å². The summed E-state index contributed by atoms with van der Waals surface area (Å²) in [5.41, 5.74) is 7.04. The highest BCUT2D eigenvalue weighted by Gasteiger charge is 2.17. The van der Waals surface area contributed by atoms with Crippen molar-refractivity contribution in [2.75, 3.05) is 7.11 Å². The van der Waals surface area contributed by atoms with Crippen molar-refractivity contribution < 1.29 is 9.53 Å². The fraction of sp³-hybridized carbons (Fsp3) is 0.364. The zero-order valence-corrected chi connectivity index (χ0v) is 8.70. The number of carbonyl (C=O) groups excluding carboxylic acids is 1. The molecule has 0 bridgehead atoms. The number of hydrogen-bond donors (Lipinski definition) is 1. The van der Waals surface area contributed by atoms with Crippen molar-refractivity contribution in [1.29, 1.82) is 0 Å². The molecule has 3 nitrogen and oxygen atoms in total. The molecule has 0 amide bonds. The van der Waals surface area contributed by atoms with Crippen LogP contribution in [0.25, 0.3) is 0 Å². The third-order valence-electron chi connectivity index (χ3n) is 2.11. The van der Waals surface area contributed by atoms with Crippen molar-refractivity contribution in [3.8, 4) is 5.75 Å². The van der Waals surface area contributed by atoms with E-state index in [0.29, 0.717) is 11.3 Å². The second-order valence-electron chi connectivity index (χ2n) is 3.31. The van der Waals surface area contributed by atoms with E-state index in [-0.39, 0.29) is 5.78 Å². The van der Waals surface area contributed by atoms with Crippen LogP contribution in [0.4, 0.5) is 0 Å². The molecule has 0 aliphatic rings. The number of benzene rings is 1. The van der Waals surface area contributed by atoms with E-state index in [1.165, 1.54) is 0 Å². The second kappa shape index (κ2) is 4.24. The first kappa shape index (κ1) is 10.7. The SMILES string of the molecule is COc1cccc(C)c1C(=O)C(C)N. The molecule has 1 aromatic carbocycles. The molecule has 0 aliphatic carbocycles. The number of Topliss-reactive ketones (excluding diaryl/α,β-unsaturated/α-hetero) is 1. The summed E-state index contributed by atoms with van der Waals surface area (Å²) in [6.07, 6.45) is 0. The smallest absolute Gasteiger partial charge is 0.183 e. The Morgan fingerprint density at radius 1 is 1.50 bits per heavy atom. The maximum Gasteiger partial charge on any atom is 0.183 e. The summed E-state index contributed by atoms with van der Waals surface area (Å²) in [6.45, 7) is 3.55. The summed E-state index contributed by atoms with van der Waals surface area (Å²) in [5.74, 6) is 0.507. The molecule has 1 atom stereocenters. The van der Waals surface area contributed by atoms with Gasteiger partial charge >= 0.3 is 0 Å². The van der Waals surface area contributed by atoms with E-state index in [2.05, 4.69) is 0 Å². The summed E-state index contributed by atoms with van der Waals surface area (Å²) in [7, 11) is 1.55. The molecule has 0 radical (unpaired) electrons. The molecule has 0 fully saturated rings. The van der Waals surface area contributed by atoms with E-state index in [1.54, 1.807) is 20.1 Å². The average molecular weight is 193 g/mol. The van der Waals surface area contributed by atoms with Gasteiger partial charge in [0.2, 0.25) is 0 Å². The van der Waals surface area contributed by atoms with Gasteiger partial charge in [0.15, 0.2) is 5.78 Å². The van der Waals surface area contributed by atoms with E-state index in [1.807, 2.05) is 19.1 Å². The Morgan fingerprint density at radius 2 is 2.14 bits per heavy atom. The van der Waals surface area contributed by atoms with Crippen molar-refractivity contribution in [3.63, 3.8) is 0 Å². The number of methoxy groups -OCH3 is 1. The lowest BCUT2D eigenvalue weighted by atomic mass is 10.00. The average Bonchev–Trinajstić information content (AvgIpc) is 2.16. The molecule has 0 saturated heterocycles. The van der Waals surface area contributed by atoms with E-state index < -0.39 is 6.04 Å². The van der Waals surface area contributed by atoms with Gasteiger partial charge in [0.05, 0.1) is 18.7 Å². The van der Waals surface area contributed by atoms with Crippen molar-refractivity contribution in [1.82, 2.24) is 0 Å². The highest BCUT2D eigenvalue weighted by molar-refractivity contribution is 6.03. The number of carbonyl (C=O) groups is 1. The Morgan fingerprint density at radius 3 is 2.64 bits per heavy atom. The molecule has 0 heterocycles. The van der Waals surface area contributed by atoms with E-state index >= 15 is 0 Å². The highest BCUT2D eigenvalue weighted by atomic mass is 16.5. The molecule has 14 heavy (non-hydrogen) atoms. The topological polar surface area (TPSA) is 52.3 Å². The Hall–Kier alpha value is -1.35. The molecule has 76 valence electrons. The van der Waals surface area contributed by atoms with Crippen LogP contribution in [0.3, 0.4) is 0 Å². The highest BCUT2D eigenvalue weighted by Crippen LogP contribution is 2.22. The molecule has 0 aliphatic heterocycles. The number of ether oxygens (including phenoxy) is 1. The zero-order valence-electron chi connectivity index (χ0n) is 8.70. The summed E-state index contributed by atoms with van der Waals surface area (Å²) in [6, 6.07) is 5.00. The zero-order chi connectivity index (χ0) is 10.7. The lowest BCUT2D eigenvalue weighted by Crippen LogP contribution is -2.27. The monoisotopic (exact) mass is 193 g/mol. The van der Waals surface area contributed by atoms with Crippen LogP contribution < -0.4 is 10.5 Å². The normalized spacial score (nSPS) is 12.3. The Labute approximate surface area is 83.9 Å². The van der Waals surface area contributed by atoms with Gasteiger partial charge in [0.25, 0.3) is 0 Å². The molecule has 0 aromatic heterocycles. The number of nitrogens with two attached hydrogens (primary N) is 1. The van der Waals surface area contributed by atoms with Gasteiger partial charge in [0.1, 0.15) is 5.75 Å². The summed E-state index contributed by atoms with van der Waals surface area (Å²) in [5, 5.41) is 0. The predicted molar refractivity (Wildman–Crippen MR) is 55.7 cm³/mol. The van der Waals surface area contributed by atoms with Gasteiger partial charge in [-0.25, -0.2) is 0 Å². The number of ketones is 1. The van der Waals surface area contributed by atoms with Crippen LogP contribution in [0.5, 0.6) is 5.75 Å². The van der Waals surface area contributed by atoms with Gasteiger partial charge in [-0.3, -0.25) is 4.79 Å². The Kier molecular flexibility index (Phi) is 3.25. The standard InChI is InChI=1S/C11H15NO2/c1-7-5-4-6-9(14-3)10(7)11(13)8(2)12/h4-6,8H,12H2,1-3H3. The molecular formula is C11H15NO2. The van der Waals surface area contributed by atoms with E-state index in [4.69, 9.17) is 10.5 Å². The maximum atomic E-state index is 11.7. The van der Waals surface area contributed by atoms with Gasteiger partial charge in [-0.2, -0.15) is 0 Å². The third kappa shape index (κ3) is 1.93. The molecule has 1 aromatic rings. The fourth-order valence-corrected chi connectivity index (χ4v) is 1.35. The number of hydrogen-bond acceptors (Lipinski definition) is 3. The number of rotatable bonds is 3. The van der Waals surface area contributed by atoms with E-state index in [0.717, 1.165) is 5.56 Å². The molecule has 0 spiro atoms. The first-order chi connectivity index (χ1) is 6.57. The maximum absolute atomic E-state index is 11.7. The van der Waals surface area contributed by atoms with Crippen LogP contribution in [0.15, 0.2) is 18.2 Å². The quantitative estimate of drug-likeness (QED) is 0.741. The molecule has 1 unspecified atom stereocenters. The first-order valence-corrected chi connectivity index (χ1v) is 4.51. The van der Waals surface area contributed by atoms with Crippen molar-refractivity contribution >= 4 is 5.78 Å². The number of aryl methyl sites for hydroxylation is 1. The van der Waals surface area contributed by atoms with Gasteiger partial charge in [-0.05, 0) is 25.5 Å². The minimum Gasteiger partial charge on any atom is -0.496 e. The lowest BCUT2D eigenvalue weighted by Gasteiger charge is -2.11. The molecule has 0 saturated carbocycles. The van der Waals surface area contributed by atoms with Crippen molar-refractivity contribution in [3.05, 3.63) is 29.3 Å². The third-order valence-corrected chi connectivity index (χ3v) is 2.11. The van der Waals surface area contributed by atoms with Gasteiger partial charge in [0, 0.05) is 0 Å². The predicted octanol–water partition coefficient (Wildman–Crippen LogP) is 1.53. The van der Waals surface area contributed by atoms with Crippen LogP contribution >= 0.6 is 0 Å². The molecule has 2 N–H and O–H groups in total. The largest absolute Gasteiger partial charge is 0.496 e. The summed E-state index contributed by atoms with van der Waals surface area (Å²) in [4.78, 5) is 11.7. The second-order valence-corrected chi connectivity index (χ2v) is 3.31. The van der Waals surface area contributed by atoms with E-state index in [9.17, 15) is 4.79 Å². The molecule has 3 heteroatoms. The van der Waals surface area contributed by atoms with Crippen LogP contribution in [0, 0.1) is 6.92 Å². The summed E-state index contributed by atoms with van der Waals surface area (Å²) >= 11 is 0. The van der Waals surface area contributed by atoms with Crippen LogP contribution in [0.1, 0.15) is 22.8 Å². The summed E-state index contributed by atoms with van der Waals surface area (Å²) < 4.78 is 5.12. The molecule has 1 rings (SSSR count). The molecular weight excluding hydrogens is 178 g/mol. The minimum atomic E-state index is -0.495. The Balaban J connectivity index is 3.23. The Bertz CT molecular complexity index is 345.